The minimum atomic E-state index is -3.27. The van der Waals surface area contributed by atoms with Gasteiger partial charge in [-0.1, -0.05) is 12.1 Å². The van der Waals surface area contributed by atoms with Crippen LogP contribution < -0.4 is 14.8 Å². The first-order chi connectivity index (χ1) is 16.6. The molecule has 10 nitrogen and oxygen atoms in total. The first kappa shape index (κ1) is 25.1. The summed E-state index contributed by atoms with van der Waals surface area (Å²) in [6.45, 7) is 5.97. The number of carbonyl (C=O) groups is 2. The van der Waals surface area contributed by atoms with E-state index < -0.39 is 26.4 Å². The summed E-state index contributed by atoms with van der Waals surface area (Å²) in [6, 6.07) is 7.05. The maximum absolute atomic E-state index is 12.4. The van der Waals surface area contributed by atoms with Crippen molar-refractivity contribution in [1.82, 2.24) is 19.6 Å². The Kier molecular flexibility index (Phi) is 7.43. The number of nitrogens with zero attached hydrogens (tertiary/aromatic N) is 3. The molecule has 12 heteroatoms. The Balaban J connectivity index is 1.43. The van der Waals surface area contributed by atoms with E-state index in [1.807, 2.05) is 0 Å². The number of amides is 2. The van der Waals surface area contributed by atoms with E-state index in [0.29, 0.717) is 59.5 Å². The van der Waals surface area contributed by atoms with Crippen LogP contribution in [0, 0.1) is 6.92 Å². The lowest BCUT2D eigenvalue weighted by Crippen LogP contribution is -2.44. The van der Waals surface area contributed by atoms with Gasteiger partial charge in [-0.15, -0.1) is 0 Å². The average molecular weight is 519 g/mol. The fourth-order valence-corrected chi connectivity index (χ4v) is 5.65. The number of sulfonamides is 1. The molecule has 2 fully saturated rings. The van der Waals surface area contributed by atoms with Crippen molar-refractivity contribution >= 4 is 39.0 Å². The van der Waals surface area contributed by atoms with Crippen LogP contribution in [0.2, 0.25) is 0 Å². The SMILES string of the molecule is Cc1c(Oc2cccc(/C=C3\SC(=O)NC3=O)c2)ncnc1OC1CCN(S(=O)(=O)C(C)C)CC1. The number of hydrogen-bond acceptors (Lipinski definition) is 9. The molecule has 4 rings (SSSR count). The summed E-state index contributed by atoms with van der Waals surface area (Å²) < 4.78 is 38.3. The second-order valence-electron chi connectivity index (χ2n) is 8.45. The van der Waals surface area contributed by atoms with E-state index in [2.05, 4.69) is 15.3 Å². The number of ether oxygens (including phenoxy) is 2. The molecule has 2 saturated heterocycles. The molecule has 0 atom stereocenters. The summed E-state index contributed by atoms with van der Waals surface area (Å²) in [5.41, 5.74) is 1.31. The molecule has 3 heterocycles. The molecule has 2 amide bonds. The Morgan fingerprint density at radius 2 is 1.89 bits per heavy atom. The van der Waals surface area contributed by atoms with Gasteiger partial charge in [0.25, 0.3) is 11.1 Å². The fraction of sp³-hybridized carbons (Fsp3) is 0.391. The molecule has 0 saturated carbocycles. The second kappa shape index (κ2) is 10.3. The Labute approximate surface area is 208 Å². The van der Waals surface area contributed by atoms with E-state index in [0.717, 1.165) is 11.8 Å². The van der Waals surface area contributed by atoms with E-state index in [4.69, 9.17) is 9.47 Å². The standard InChI is InChI=1S/C23H26N4O6S2/c1-14(2)35(30,31)27-9-7-17(8-10-27)32-21-15(3)22(25-13-24-21)33-18-6-4-5-16(11-18)12-19-20(28)26-23(29)34-19/h4-6,11-14,17H,7-10H2,1-3H3,(H,26,28,29)/b19-12-. The molecule has 0 aliphatic carbocycles. The lowest BCUT2D eigenvalue weighted by atomic mass is 10.1. The quantitative estimate of drug-likeness (QED) is 0.548. The average Bonchev–Trinajstić information content (AvgIpc) is 3.13. The highest BCUT2D eigenvalue weighted by Gasteiger charge is 2.31. The smallest absolute Gasteiger partial charge is 0.290 e. The molecular formula is C23H26N4O6S2. The number of imide groups is 1. The molecule has 0 unspecified atom stereocenters. The van der Waals surface area contributed by atoms with E-state index in [9.17, 15) is 18.0 Å². The molecule has 1 aromatic heterocycles. The molecule has 1 N–H and O–H groups in total. The Morgan fingerprint density at radius 3 is 2.54 bits per heavy atom. The van der Waals surface area contributed by atoms with Gasteiger partial charge in [0.05, 0.1) is 15.7 Å². The first-order valence-corrected chi connectivity index (χ1v) is 13.5. The van der Waals surface area contributed by atoms with Gasteiger partial charge in [0.15, 0.2) is 0 Å². The van der Waals surface area contributed by atoms with E-state index in [1.54, 1.807) is 51.1 Å². The van der Waals surface area contributed by atoms with Gasteiger partial charge in [-0.25, -0.2) is 22.7 Å². The number of aromatic nitrogens is 2. The Morgan fingerprint density at radius 1 is 1.17 bits per heavy atom. The molecule has 35 heavy (non-hydrogen) atoms. The van der Waals surface area contributed by atoms with Crippen LogP contribution >= 0.6 is 11.8 Å². The fourth-order valence-electron chi connectivity index (χ4n) is 3.65. The maximum atomic E-state index is 12.4. The van der Waals surface area contributed by atoms with Crippen LogP contribution in [0.15, 0.2) is 35.5 Å². The minimum Gasteiger partial charge on any atom is -0.474 e. The lowest BCUT2D eigenvalue weighted by Gasteiger charge is -2.32. The number of rotatable bonds is 7. The molecule has 0 radical (unpaired) electrons. The topological polar surface area (TPSA) is 128 Å². The zero-order valence-electron chi connectivity index (χ0n) is 19.6. The summed E-state index contributed by atoms with van der Waals surface area (Å²) in [5, 5.41) is 1.38. The zero-order valence-corrected chi connectivity index (χ0v) is 21.2. The van der Waals surface area contributed by atoms with Gasteiger partial charge >= 0.3 is 0 Å². The van der Waals surface area contributed by atoms with Gasteiger partial charge in [0, 0.05) is 13.1 Å². The van der Waals surface area contributed by atoms with E-state index >= 15 is 0 Å². The van der Waals surface area contributed by atoms with Gasteiger partial charge in [-0.05, 0) is 69.1 Å². The van der Waals surface area contributed by atoms with E-state index in [1.165, 1.54) is 10.6 Å². The third-order valence-corrected chi connectivity index (χ3v) is 8.73. The summed E-state index contributed by atoms with van der Waals surface area (Å²) in [6.07, 6.45) is 3.94. The Hall–Kier alpha value is -2.96. The highest BCUT2D eigenvalue weighted by Crippen LogP contribution is 2.31. The number of benzene rings is 1. The highest BCUT2D eigenvalue weighted by atomic mass is 32.2. The van der Waals surface area contributed by atoms with Crippen molar-refractivity contribution in [2.75, 3.05) is 13.1 Å². The van der Waals surface area contributed by atoms with E-state index in [-0.39, 0.29) is 6.10 Å². The summed E-state index contributed by atoms with van der Waals surface area (Å²) in [7, 11) is -3.27. The largest absolute Gasteiger partial charge is 0.474 e. The third-order valence-electron chi connectivity index (χ3n) is 5.64. The molecular weight excluding hydrogens is 492 g/mol. The molecule has 2 aliphatic rings. The van der Waals surface area contributed by atoms with Crippen molar-refractivity contribution < 1.29 is 27.5 Å². The monoisotopic (exact) mass is 518 g/mol. The van der Waals surface area contributed by atoms with Crippen molar-refractivity contribution in [2.45, 2.75) is 45.0 Å². The predicted octanol–water partition coefficient (Wildman–Crippen LogP) is 3.48. The molecule has 2 aromatic rings. The molecule has 2 aliphatic heterocycles. The van der Waals surface area contributed by atoms with Gasteiger partial charge < -0.3 is 9.47 Å². The van der Waals surface area contributed by atoms with Gasteiger partial charge in [0.2, 0.25) is 21.8 Å². The van der Waals surface area contributed by atoms with Crippen LogP contribution in [-0.2, 0) is 14.8 Å². The number of thioether (sulfide) groups is 1. The molecule has 0 bridgehead atoms. The molecule has 186 valence electrons. The molecule has 0 spiro atoms. The number of hydrogen-bond donors (Lipinski definition) is 1. The summed E-state index contributed by atoms with van der Waals surface area (Å²) in [4.78, 5) is 31.9. The third kappa shape index (κ3) is 5.82. The second-order valence-corrected chi connectivity index (χ2v) is 11.9. The van der Waals surface area contributed by atoms with Crippen LogP contribution in [0.1, 0.15) is 37.8 Å². The van der Waals surface area contributed by atoms with Gasteiger partial charge in [-0.3, -0.25) is 14.9 Å². The van der Waals surface area contributed by atoms with Crippen LogP contribution in [0.3, 0.4) is 0 Å². The first-order valence-electron chi connectivity index (χ1n) is 11.1. The van der Waals surface area contributed by atoms with Gasteiger partial charge in [-0.2, -0.15) is 0 Å². The Bertz CT molecular complexity index is 1270. The number of piperidine rings is 1. The van der Waals surface area contributed by atoms with Gasteiger partial charge in [0.1, 0.15) is 18.2 Å². The summed E-state index contributed by atoms with van der Waals surface area (Å²) >= 11 is 0.849. The zero-order chi connectivity index (χ0) is 25.2. The predicted molar refractivity (Wildman–Crippen MR) is 132 cm³/mol. The van der Waals surface area contributed by atoms with Crippen molar-refractivity contribution in [3.63, 3.8) is 0 Å². The van der Waals surface area contributed by atoms with Crippen LogP contribution in [0.25, 0.3) is 6.08 Å². The van der Waals surface area contributed by atoms with Crippen molar-refractivity contribution in [1.29, 1.82) is 0 Å². The van der Waals surface area contributed by atoms with Crippen molar-refractivity contribution in [3.05, 3.63) is 46.6 Å². The van der Waals surface area contributed by atoms with Crippen molar-refractivity contribution in [2.24, 2.45) is 0 Å². The number of nitrogens with one attached hydrogen (secondary N) is 1. The van der Waals surface area contributed by atoms with Crippen LogP contribution in [0.5, 0.6) is 17.5 Å². The maximum Gasteiger partial charge on any atom is 0.290 e. The van der Waals surface area contributed by atoms with Crippen LogP contribution in [0.4, 0.5) is 4.79 Å². The normalized spacial score (nSPS) is 18.8. The summed E-state index contributed by atoms with van der Waals surface area (Å²) in [5.74, 6) is 0.778. The molecule has 1 aromatic carbocycles. The highest BCUT2D eigenvalue weighted by molar-refractivity contribution is 8.18. The number of carbonyl (C=O) groups excluding carboxylic acids is 2. The minimum absolute atomic E-state index is 0.164. The van der Waals surface area contributed by atoms with Crippen molar-refractivity contribution in [3.8, 4) is 17.5 Å². The lowest BCUT2D eigenvalue weighted by molar-refractivity contribution is -0.115. The van der Waals surface area contributed by atoms with Crippen LogP contribution in [-0.4, -0.2) is 58.3 Å².